The minimum Gasteiger partial charge on any atom is -0.327 e. The Hall–Kier alpha value is -0.0900. The third-order valence-corrected chi connectivity index (χ3v) is 3.11. The molecule has 0 amide bonds. The van der Waals surface area contributed by atoms with Crippen LogP contribution in [0.2, 0.25) is 0 Å². The maximum Gasteiger partial charge on any atom is 0.0133 e. The van der Waals surface area contributed by atoms with Gasteiger partial charge < -0.3 is 5.73 Å². The summed E-state index contributed by atoms with van der Waals surface area (Å²) in [4.78, 5) is 0. The highest BCUT2D eigenvalue weighted by Gasteiger charge is 2.14. The maximum absolute atomic E-state index is 5.90. The second kappa shape index (κ2) is 3.34. The molecule has 0 saturated heterocycles. The molecular formula is C10H12IN. The summed E-state index contributed by atoms with van der Waals surface area (Å²) in [6, 6.07) is 7.06. The van der Waals surface area contributed by atoms with Crippen molar-refractivity contribution >= 4 is 22.6 Å². The number of hydrogen-bond donors (Lipinski definition) is 1. The van der Waals surface area contributed by atoms with Crippen molar-refractivity contribution in [1.29, 1.82) is 0 Å². The van der Waals surface area contributed by atoms with E-state index < -0.39 is 0 Å². The molecule has 0 aromatic heterocycles. The zero-order chi connectivity index (χ0) is 8.55. The first-order valence-corrected chi connectivity index (χ1v) is 5.36. The van der Waals surface area contributed by atoms with E-state index in [9.17, 15) is 0 Å². The van der Waals surface area contributed by atoms with Crippen molar-refractivity contribution in [1.82, 2.24) is 0 Å². The van der Waals surface area contributed by atoms with Crippen LogP contribution in [-0.4, -0.2) is 6.04 Å². The van der Waals surface area contributed by atoms with Crippen molar-refractivity contribution in [3.05, 3.63) is 32.9 Å². The Balaban J connectivity index is 2.37. The maximum atomic E-state index is 5.90. The van der Waals surface area contributed by atoms with E-state index in [1.165, 1.54) is 14.7 Å². The second-order valence-electron chi connectivity index (χ2n) is 3.42. The molecule has 0 saturated carbocycles. The molecule has 1 aromatic carbocycles. The van der Waals surface area contributed by atoms with Gasteiger partial charge in [0.05, 0.1) is 0 Å². The first kappa shape index (κ1) is 8.51. The van der Waals surface area contributed by atoms with E-state index in [0.717, 1.165) is 19.3 Å². The van der Waals surface area contributed by atoms with E-state index >= 15 is 0 Å². The average molecular weight is 273 g/mol. The third-order valence-electron chi connectivity index (χ3n) is 2.43. The molecule has 1 aliphatic carbocycles. The van der Waals surface area contributed by atoms with Crippen molar-refractivity contribution < 1.29 is 0 Å². The Morgan fingerprint density at radius 3 is 3.00 bits per heavy atom. The van der Waals surface area contributed by atoms with Crippen LogP contribution >= 0.6 is 22.6 Å². The number of hydrogen-bond acceptors (Lipinski definition) is 1. The van der Waals surface area contributed by atoms with Crippen LogP contribution in [-0.2, 0) is 12.8 Å². The van der Waals surface area contributed by atoms with E-state index in [1.54, 1.807) is 0 Å². The van der Waals surface area contributed by atoms with Crippen LogP contribution in [0, 0.1) is 3.57 Å². The van der Waals surface area contributed by atoms with Gasteiger partial charge in [-0.2, -0.15) is 0 Å². The number of fused-ring (bicyclic) bond motifs is 1. The molecule has 2 rings (SSSR count). The van der Waals surface area contributed by atoms with E-state index in [2.05, 4.69) is 40.8 Å². The third kappa shape index (κ3) is 1.64. The van der Waals surface area contributed by atoms with Gasteiger partial charge in [-0.05, 0) is 65.1 Å². The van der Waals surface area contributed by atoms with Gasteiger partial charge >= 0.3 is 0 Å². The van der Waals surface area contributed by atoms with Gasteiger partial charge in [-0.3, -0.25) is 0 Å². The number of benzene rings is 1. The summed E-state index contributed by atoms with van der Waals surface area (Å²) in [6.45, 7) is 0. The van der Waals surface area contributed by atoms with E-state index in [4.69, 9.17) is 5.73 Å². The van der Waals surface area contributed by atoms with Gasteiger partial charge in [0, 0.05) is 9.61 Å². The molecule has 1 nitrogen and oxygen atoms in total. The summed E-state index contributed by atoms with van der Waals surface area (Å²) in [5.74, 6) is 0. The summed E-state index contributed by atoms with van der Waals surface area (Å²) in [5.41, 5.74) is 8.85. The number of rotatable bonds is 0. The van der Waals surface area contributed by atoms with Crippen LogP contribution in [0.5, 0.6) is 0 Å². The minimum atomic E-state index is 0.385. The Labute approximate surface area is 86.5 Å². The Kier molecular flexibility index (Phi) is 2.37. The van der Waals surface area contributed by atoms with Crippen molar-refractivity contribution in [2.24, 2.45) is 5.73 Å². The molecule has 0 unspecified atom stereocenters. The van der Waals surface area contributed by atoms with Crippen LogP contribution in [0.25, 0.3) is 0 Å². The van der Waals surface area contributed by atoms with Gasteiger partial charge in [0.15, 0.2) is 0 Å². The van der Waals surface area contributed by atoms with Crippen molar-refractivity contribution in [3.8, 4) is 0 Å². The monoisotopic (exact) mass is 273 g/mol. The van der Waals surface area contributed by atoms with Gasteiger partial charge in [-0.1, -0.05) is 6.07 Å². The Bertz CT molecular complexity index is 296. The highest BCUT2D eigenvalue weighted by atomic mass is 127. The predicted octanol–water partition coefficient (Wildman–Crippen LogP) is 2.11. The van der Waals surface area contributed by atoms with Gasteiger partial charge in [0.1, 0.15) is 0 Å². The fraction of sp³-hybridized carbons (Fsp3) is 0.400. The second-order valence-corrected chi connectivity index (χ2v) is 4.66. The molecule has 64 valence electrons. The first-order chi connectivity index (χ1) is 5.75. The summed E-state index contributed by atoms with van der Waals surface area (Å²) < 4.78 is 1.32. The summed E-state index contributed by atoms with van der Waals surface area (Å²) >= 11 is 2.35. The average Bonchev–Trinajstić information content (AvgIpc) is 2.03. The fourth-order valence-corrected chi connectivity index (χ4v) is 2.31. The lowest BCUT2D eigenvalue weighted by Gasteiger charge is -2.21. The van der Waals surface area contributed by atoms with Crippen molar-refractivity contribution in [3.63, 3.8) is 0 Å². The number of nitrogens with two attached hydrogens (primary N) is 1. The molecule has 2 heteroatoms. The van der Waals surface area contributed by atoms with E-state index in [1.807, 2.05) is 0 Å². The molecule has 0 fully saturated rings. The molecule has 1 aromatic rings. The smallest absolute Gasteiger partial charge is 0.0133 e. The molecule has 12 heavy (non-hydrogen) atoms. The molecule has 0 spiro atoms. The summed E-state index contributed by atoms with van der Waals surface area (Å²) in [5, 5.41) is 0. The quantitative estimate of drug-likeness (QED) is 0.720. The topological polar surface area (TPSA) is 26.0 Å². The lowest BCUT2D eigenvalue weighted by Crippen LogP contribution is -2.27. The molecule has 0 aliphatic heterocycles. The lowest BCUT2D eigenvalue weighted by atomic mass is 9.89. The molecular weight excluding hydrogens is 261 g/mol. The lowest BCUT2D eigenvalue weighted by molar-refractivity contribution is 0.576. The zero-order valence-electron chi connectivity index (χ0n) is 6.89. The molecule has 1 atom stereocenters. The zero-order valence-corrected chi connectivity index (χ0v) is 9.04. The molecule has 0 radical (unpaired) electrons. The van der Waals surface area contributed by atoms with E-state index in [0.29, 0.717) is 6.04 Å². The number of aryl methyl sites for hydroxylation is 1. The Morgan fingerprint density at radius 2 is 2.17 bits per heavy atom. The van der Waals surface area contributed by atoms with Crippen LogP contribution in [0.1, 0.15) is 17.5 Å². The Morgan fingerprint density at radius 1 is 1.33 bits per heavy atom. The van der Waals surface area contributed by atoms with Gasteiger partial charge in [-0.15, -0.1) is 0 Å². The van der Waals surface area contributed by atoms with Gasteiger partial charge in [0.25, 0.3) is 0 Å². The predicted molar refractivity (Wildman–Crippen MR) is 59.2 cm³/mol. The summed E-state index contributed by atoms with van der Waals surface area (Å²) in [7, 11) is 0. The first-order valence-electron chi connectivity index (χ1n) is 4.28. The number of halogens is 1. The normalized spacial score (nSPS) is 22.0. The SMILES string of the molecule is N[C@H]1CCc2ccc(I)cc2C1. The van der Waals surface area contributed by atoms with Crippen molar-refractivity contribution in [2.75, 3.05) is 0 Å². The largest absolute Gasteiger partial charge is 0.327 e. The minimum absolute atomic E-state index is 0.385. The van der Waals surface area contributed by atoms with Gasteiger partial charge in [0.2, 0.25) is 0 Å². The molecule has 1 aliphatic rings. The molecule has 2 N–H and O–H groups in total. The highest BCUT2D eigenvalue weighted by Crippen LogP contribution is 2.22. The van der Waals surface area contributed by atoms with Crippen LogP contribution in [0.15, 0.2) is 18.2 Å². The highest BCUT2D eigenvalue weighted by molar-refractivity contribution is 14.1. The van der Waals surface area contributed by atoms with Crippen LogP contribution in [0.3, 0.4) is 0 Å². The van der Waals surface area contributed by atoms with Crippen molar-refractivity contribution in [2.45, 2.75) is 25.3 Å². The fourth-order valence-electron chi connectivity index (χ4n) is 1.75. The molecule has 0 heterocycles. The standard InChI is InChI=1S/C10H12IN/c11-9-3-1-7-2-4-10(12)6-8(7)5-9/h1,3,5,10H,2,4,6,12H2/t10-/m0/s1. The van der Waals surface area contributed by atoms with Gasteiger partial charge in [-0.25, -0.2) is 0 Å². The molecule has 0 bridgehead atoms. The van der Waals surface area contributed by atoms with Crippen LogP contribution < -0.4 is 5.73 Å². The van der Waals surface area contributed by atoms with Crippen LogP contribution in [0.4, 0.5) is 0 Å². The summed E-state index contributed by atoms with van der Waals surface area (Å²) in [6.07, 6.45) is 3.37. The van der Waals surface area contributed by atoms with E-state index in [-0.39, 0.29) is 0 Å².